The number of allylic oxidation sites excluding steroid dienone is 7. The fraction of sp³-hybridized carbons (Fsp3) is 0.444. The zero-order valence-electron chi connectivity index (χ0n) is 14.0. The van der Waals surface area contributed by atoms with Crippen LogP contribution in [0.3, 0.4) is 0 Å². The molecule has 3 aliphatic heterocycles. The smallest absolute Gasteiger partial charge is 0.319 e. The molecule has 1 aliphatic carbocycles. The molecule has 0 saturated carbocycles. The minimum atomic E-state index is -1.23. The molecule has 4 rings (SSSR count). The number of nitrogens with one attached hydrogen (secondary N) is 1. The van der Waals surface area contributed by atoms with Gasteiger partial charge in [-0.05, 0) is 57.2 Å². The van der Waals surface area contributed by atoms with Crippen molar-refractivity contribution in [2.24, 2.45) is 11.8 Å². The van der Waals surface area contributed by atoms with Gasteiger partial charge in [0.25, 0.3) is 0 Å². The lowest BCUT2D eigenvalue weighted by molar-refractivity contribution is -0.314. The van der Waals surface area contributed by atoms with E-state index in [0.717, 1.165) is 5.57 Å². The molecule has 0 aromatic carbocycles. The Balaban J connectivity index is 1.53. The second kappa shape index (κ2) is 7.34. The van der Waals surface area contributed by atoms with Gasteiger partial charge in [0.05, 0.1) is 30.5 Å². The summed E-state index contributed by atoms with van der Waals surface area (Å²) in [6.45, 7) is 0.357. The summed E-state index contributed by atoms with van der Waals surface area (Å²) >= 11 is 4.04. The van der Waals surface area contributed by atoms with Crippen LogP contribution in [-0.2, 0) is 24.0 Å². The van der Waals surface area contributed by atoms with Crippen molar-refractivity contribution >= 4 is 57.1 Å². The molecule has 2 bridgehead atoms. The first-order valence-corrected chi connectivity index (χ1v) is 10.6. The van der Waals surface area contributed by atoms with Gasteiger partial charge < -0.3 is 14.8 Å². The van der Waals surface area contributed by atoms with Gasteiger partial charge in [-0.15, -0.1) is 0 Å². The number of hydrogen-bond acceptors (Lipinski definition) is 7. The number of cyclic esters (lactones) is 2. The maximum absolute atomic E-state index is 12.2. The van der Waals surface area contributed by atoms with Crippen LogP contribution in [0.25, 0.3) is 0 Å². The number of hydrogen-bond donors (Lipinski definition) is 2. The SMILES string of the molecule is O=C1OC(=O)C2C1C1NC2C(I)(OCCC2=CC=CC=CC=C2)C1(I)OO. The molecular weight excluding hydrogens is 580 g/mol. The molecule has 7 nitrogen and oxygen atoms in total. The van der Waals surface area contributed by atoms with Crippen LogP contribution in [0.15, 0.2) is 48.1 Å². The predicted molar refractivity (Wildman–Crippen MR) is 112 cm³/mol. The molecule has 6 unspecified atom stereocenters. The van der Waals surface area contributed by atoms with Gasteiger partial charge in [-0.25, -0.2) is 4.89 Å². The molecule has 0 radical (unpaired) electrons. The van der Waals surface area contributed by atoms with Crippen LogP contribution in [-0.4, -0.2) is 43.1 Å². The lowest BCUT2D eigenvalue weighted by Gasteiger charge is -2.44. The fourth-order valence-corrected chi connectivity index (χ4v) is 6.39. The highest BCUT2D eigenvalue weighted by Crippen LogP contribution is 2.61. The fourth-order valence-electron chi connectivity index (χ4n) is 4.11. The van der Waals surface area contributed by atoms with Crippen LogP contribution < -0.4 is 5.32 Å². The molecule has 144 valence electrons. The van der Waals surface area contributed by atoms with Gasteiger partial charge in [0.1, 0.15) is 0 Å². The summed E-state index contributed by atoms with van der Waals surface area (Å²) in [6, 6.07) is -1.08. The van der Waals surface area contributed by atoms with Gasteiger partial charge >= 0.3 is 11.9 Å². The summed E-state index contributed by atoms with van der Waals surface area (Å²) in [5, 5.41) is 12.9. The van der Waals surface area contributed by atoms with Crippen molar-refractivity contribution in [3.05, 3.63) is 48.1 Å². The number of rotatable bonds is 5. The standard InChI is InChI=1S/C18H17I2NO6/c19-17(25-9-8-10-6-4-2-1-3-5-7-10)13-11-12(16(23)26-15(11)22)14(21-13)18(17,20)27-24/h1-7,11-14,21,24H,8-9H2. The Kier molecular flexibility index (Phi) is 5.35. The summed E-state index contributed by atoms with van der Waals surface area (Å²) in [7, 11) is 0. The first-order valence-electron chi connectivity index (χ1n) is 8.49. The Hall–Kier alpha value is -0.600. The molecule has 3 saturated heterocycles. The normalized spacial score (nSPS) is 42.1. The molecule has 2 N–H and O–H groups in total. The monoisotopic (exact) mass is 597 g/mol. The van der Waals surface area contributed by atoms with E-state index in [4.69, 9.17) is 14.4 Å². The van der Waals surface area contributed by atoms with Gasteiger partial charge in [-0.3, -0.25) is 14.8 Å². The quantitative estimate of drug-likeness (QED) is 0.126. The second-order valence-electron chi connectivity index (χ2n) is 6.76. The highest BCUT2D eigenvalue weighted by Gasteiger charge is 2.79. The van der Waals surface area contributed by atoms with Crippen LogP contribution >= 0.6 is 45.2 Å². The third-order valence-corrected chi connectivity index (χ3v) is 9.86. The number of halogens is 2. The zero-order chi connectivity index (χ0) is 19.2. The van der Waals surface area contributed by atoms with E-state index in [-0.39, 0.29) is 0 Å². The van der Waals surface area contributed by atoms with Crippen molar-refractivity contribution in [1.82, 2.24) is 5.32 Å². The van der Waals surface area contributed by atoms with Crippen LogP contribution in [0.2, 0.25) is 0 Å². The highest BCUT2D eigenvalue weighted by molar-refractivity contribution is 14.1. The maximum atomic E-state index is 12.2. The first kappa shape index (κ1) is 19.7. The largest absolute Gasteiger partial charge is 0.393 e. The Morgan fingerprint density at radius 1 is 1.04 bits per heavy atom. The lowest BCUT2D eigenvalue weighted by Crippen LogP contribution is -2.62. The molecule has 0 aromatic rings. The molecule has 3 heterocycles. The van der Waals surface area contributed by atoms with Crippen molar-refractivity contribution in [1.29, 1.82) is 0 Å². The molecule has 0 spiro atoms. The van der Waals surface area contributed by atoms with Crippen molar-refractivity contribution < 1.29 is 29.2 Å². The van der Waals surface area contributed by atoms with E-state index in [1.807, 2.05) is 65.1 Å². The van der Waals surface area contributed by atoms with E-state index < -0.39 is 43.1 Å². The second-order valence-corrected chi connectivity index (χ2v) is 9.97. The molecule has 4 aliphatic rings. The van der Waals surface area contributed by atoms with Gasteiger partial charge in [0, 0.05) is 0 Å². The van der Waals surface area contributed by atoms with Gasteiger partial charge in [0.15, 0.2) is 3.61 Å². The molecule has 3 fully saturated rings. The summed E-state index contributed by atoms with van der Waals surface area (Å²) in [4.78, 5) is 29.1. The average molecular weight is 597 g/mol. The van der Waals surface area contributed by atoms with Gasteiger partial charge in [-0.1, -0.05) is 42.5 Å². The van der Waals surface area contributed by atoms with E-state index in [2.05, 4.69) is 27.9 Å². The number of carbonyl (C=O) groups is 2. The van der Waals surface area contributed by atoms with Crippen LogP contribution in [0, 0.1) is 11.8 Å². The van der Waals surface area contributed by atoms with E-state index in [9.17, 15) is 14.8 Å². The number of fused-ring (bicyclic) bond motifs is 5. The Morgan fingerprint density at radius 3 is 2.37 bits per heavy atom. The van der Waals surface area contributed by atoms with Crippen LogP contribution in [0.4, 0.5) is 0 Å². The Morgan fingerprint density at radius 2 is 1.67 bits per heavy atom. The van der Waals surface area contributed by atoms with E-state index >= 15 is 0 Å². The van der Waals surface area contributed by atoms with Crippen molar-refractivity contribution in [3.8, 4) is 0 Å². The molecule has 0 amide bonds. The highest BCUT2D eigenvalue weighted by atomic mass is 127. The Bertz CT molecular complexity index is 793. The molecule has 27 heavy (non-hydrogen) atoms. The van der Waals surface area contributed by atoms with E-state index in [1.54, 1.807) is 0 Å². The van der Waals surface area contributed by atoms with Crippen molar-refractivity contribution in [2.45, 2.75) is 25.7 Å². The topological polar surface area (TPSA) is 94.1 Å². The van der Waals surface area contributed by atoms with Crippen molar-refractivity contribution in [3.63, 3.8) is 0 Å². The van der Waals surface area contributed by atoms with E-state index in [1.165, 1.54) is 0 Å². The minimum absolute atomic E-state index is 0.357. The van der Waals surface area contributed by atoms with E-state index in [0.29, 0.717) is 13.0 Å². The third-order valence-electron chi connectivity index (χ3n) is 5.38. The molecular formula is C18H17I2NO6. The maximum Gasteiger partial charge on any atom is 0.319 e. The first-order chi connectivity index (χ1) is 12.9. The molecule has 9 heteroatoms. The Labute approximate surface area is 183 Å². The summed E-state index contributed by atoms with van der Waals surface area (Å²) in [5.41, 5.74) is 1.09. The zero-order valence-corrected chi connectivity index (χ0v) is 18.3. The summed E-state index contributed by atoms with van der Waals surface area (Å²) in [5.74, 6) is -2.43. The van der Waals surface area contributed by atoms with Crippen LogP contribution in [0.1, 0.15) is 6.42 Å². The number of esters is 2. The third kappa shape index (κ3) is 2.97. The molecule has 0 aromatic heterocycles. The number of alkyl halides is 2. The minimum Gasteiger partial charge on any atom is -0.393 e. The number of carbonyl (C=O) groups excluding carboxylic acids is 2. The van der Waals surface area contributed by atoms with Gasteiger partial charge in [-0.2, -0.15) is 0 Å². The van der Waals surface area contributed by atoms with Gasteiger partial charge in [0.2, 0.25) is 3.61 Å². The lowest BCUT2D eigenvalue weighted by atomic mass is 9.77. The molecule has 6 atom stereocenters. The summed E-state index contributed by atoms with van der Waals surface area (Å²) in [6.07, 6.45) is 14.4. The van der Waals surface area contributed by atoms with Crippen molar-refractivity contribution in [2.75, 3.05) is 6.61 Å². The van der Waals surface area contributed by atoms with Crippen LogP contribution in [0.5, 0.6) is 0 Å². The summed E-state index contributed by atoms with van der Waals surface area (Å²) < 4.78 is 8.74. The predicted octanol–water partition coefficient (Wildman–Crippen LogP) is 2.42. The average Bonchev–Trinajstić information content (AvgIpc) is 3.21. The number of ether oxygens (including phenoxy) is 2.